The number of aliphatic hydroxyl groups is 1. The Morgan fingerprint density at radius 2 is 1.00 bits per heavy atom. The Bertz CT molecular complexity index is 429. The van der Waals surface area contributed by atoms with Crippen molar-refractivity contribution in [2.24, 2.45) is 0 Å². The second kappa shape index (κ2) is 22.7. The van der Waals surface area contributed by atoms with Crippen molar-refractivity contribution in [3.63, 3.8) is 0 Å². The molecule has 6 heteroatoms. The van der Waals surface area contributed by atoms with Gasteiger partial charge in [-0.2, -0.15) is 0 Å². The Morgan fingerprint density at radius 1 is 0.621 bits per heavy atom. The van der Waals surface area contributed by atoms with Crippen LogP contribution in [-0.4, -0.2) is 29.4 Å². The second-order valence-electron chi connectivity index (χ2n) is 8.52. The summed E-state index contributed by atoms with van der Waals surface area (Å²) >= 11 is 0. The molecule has 2 atom stereocenters. The zero-order valence-corrected chi connectivity index (χ0v) is 23.6. The Kier molecular flexibility index (Phi) is 25.6. The van der Waals surface area contributed by atoms with E-state index < -0.39 is 15.4 Å². The van der Waals surface area contributed by atoms with E-state index in [1.807, 2.05) is 0 Å². The van der Waals surface area contributed by atoms with Crippen molar-refractivity contribution in [3.8, 4) is 0 Å². The number of unbranched alkanes of at least 4 members (excludes halogenated alkanes) is 12. The molecule has 29 heavy (non-hydrogen) atoms. The van der Waals surface area contributed by atoms with Gasteiger partial charge in [-0.25, -0.2) is 8.42 Å². The predicted molar refractivity (Wildman–Crippen MR) is 119 cm³/mol. The minimum Gasteiger partial charge on any atom is -0.748 e. The van der Waals surface area contributed by atoms with Crippen LogP contribution in [0.15, 0.2) is 0 Å². The van der Waals surface area contributed by atoms with Crippen LogP contribution in [0, 0.1) is 0 Å². The fourth-order valence-electron chi connectivity index (χ4n) is 3.88. The van der Waals surface area contributed by atoms with Crippen LogP contribution < -0.4 is 51.4 Å². The molecule has 0 aliphatic heterocycles. The first kappa shape index (κ1) is 32.7. The van der Waals surface area contributed by atoms with Gasteiger partial charge < -0.3 is 9.66 Å². The monoisotopic (exact) mass is 458 g/mol. The van der Waals surface area contributed by atoms with Crippen molar-refractivity contribution in [1.29, 1.82) is 0 Å². The van der Waals surface area contributed by atoms with Crippen LogP contribution >= 0.6 is 0 Å². The van der Waals surface area contributed by atoms with Gasteiger partial charge in [0.15, 0.2) is 0 Å². The van der Waals surface area contributed by atoms with Gasteiger partial charge in [-0.05, 0) is 25.7 Å². The van der Waals surface area contributed by atoms with E-state index in [1.165, 1.54) is 44.9 Å². The van der Waals surface area contributed by atoms with Crippen molar-refractivity contribution >= 4 is 10.1 Å². The average Bonchev–Trinajstić information content (AvgIpc) is 2.63. The fourth-order valence-corrected chi connectivity index (χ4v) is 4.79. The second-order valence-corrected chi connectivity index (χ2v) is 10.2. The molecular weight excluding hydrogens is 411 g/mol. The van der Waals surface area contributed by atoms with E-state index in [-0.39, 0.29) is 57.5 Å². The van der Waals surface area contributed by atoms with Crippen molar-refractivity contribution in [1.82, 2.24) is 0 Å². The Labute approximate surface area is 224 Å². The molecular formula is C23H47KO4S. The maximum absolute atomic E-state index is 11.4. The molecule has 0 aromatic heterocycles. The summed E-state index contributed by atoms with van der Waals surface area (Å²) in [5, 5.41) is 9.02. The van der Waals surface area contributed by atoms with Crippen molar-refractivity contribution in [3.05, 3.63) is 0 Å². The van der Waals surface area contributed by atoms with Crippen LogP contribution in [0.5, 0.6) is 0 Å². The molecule has 0 amide bonds. The van der Waals surface area contributed by atoms with E-state index in [0.717, 1.165) is 64.2 Å². The smallest absolute Gasteiger partial charge is 0.748 e. The van der Waals surface area contributed by atoms with Gasteiger partial charge in [-0.1, -0.05) is 110 Å². The average molecular weight is 459 g/mol. The molecule has 0 spiro atoms. The zero-order valence-electron chi connectivity index (χ0n) is 19.7. The summed E-state index contributed by atoms with van der Waals surface area (Å²) in [7, 11) is -4.15. The minimum absolute atomic E-state index is 0. The van der Waals surface area contributed by atoms with Gasteiger partial charge in [-0.3, -0.25) is 0 Å². The molecule has 2 unspecified atom stereocenters. The van der Waals surface area contributed by atoms with Gasteiger partial charge in [0.2, 0.25) is 0 Å². The molecule has 0 heterocycles. The quantitative estimate of drug-likeness (QED) is 0.162. The molecule has 0 aliphatic rings. The summed E-state index contributed by atoms with van der Waals surface area (Å²) in [5.74, 6) is 0. The summed E-state index contributed by atoms with van der Waals surface area (Å²) in [5.41, 5.74) is 0. The number of aliphatic hydroxyl groups excluding tert-OH is 1. The maximum Gasteiger partial charge on any atom is 1.00 e. The van der Waals surface area contributed by atoms with Crippen molar-refractivity contribution in [2.45, 2.75) is 147 Å². The summed E-state index contributed by atoms with van der Waals surface area (Å²) in [6.45, 7) is 4.27. The SMILES string of the molecule is CCCCCCCC(CCCCCCCCCCCC(O)CCC)S(=O)(=O)[O-].[K+]. The third-order valence-corrected chi connectivity index (χ3v) is 7.01. The van der Waals surface area contributed by atoms with Crippen LogP contribution in [0.1, 0.15) is 136 Å². The third kappa shape index (κ3) is 22.5. The van der Waals surface area contributed by atoms with Crippen molar-refractivity contribution < 1.29 is 69.5 Å². The zero-order chi connectivity index (χ0) is 21.1. The van der Waals surface area contributed by atoms with Crippen LogP contribution in [0.25, 0.3) is 0 Å². The molecule has 0 rings (SSSR count). The molecule has 0 aromatic carbocycles. The Hall–Kier alpha value is 1.51. The van der Waals surface area contributed by atoms with Crippen LogP contribution in [-0.2, 0) is 10.1 Å². The molecule has 0 aromatic rings. The maximum atomic E-state index is 11.4. The Morgan fingerprint density at radius 3 is 1.38 bits per heavy atom. The van der Waals surface area contributed by atoms with E-state index in [4.69, 9.17) is 0 Å². The first-order chi connectivity index (χ1) is 13.4. The van der Waals surface area contributed by atoms with Crippen LogP contribution in [0.4, 0.5) is 0 Å². The van der Waals surface area contributed by atoms with Crippen LogP contribution in [0.3, 0.4) is 0 Å². The van der Waals surface area contributed by atoms with Gasteiger partial charge in [0.25, 0.3) is 0 Å². The van der Waals surface area contributed by atoms with E-state index >= 15 is 0 Å². The topological polar surface area (TPSA) is 77.4 Å². The molecule has 1 N–H and O–H groups in total. The predicted octanol–water partition coefficient (Wildman–Crippen LogP) is 3.72. The largest absolute Gasteiger partial charge is 1.00 e. The van der Waals surface area contributed by atoms with Gasteiger partial charge in [-0.15, -0.1) is 0 Å². The normalized spacial score (nSPS) is 13.8. The minimum atomic E-state index is -4.15. The molecule has 0 fully saturated rings. The molecule has 0 bridgehead atoms. The first-order valence-electron chi connectivity index (χ1n) is 12.0. The van der Waals surface area contributed by atoms with Crippen LogP contribution in [0.2, 0.25) is 0 Å². The summed E-state index contributed by atoms with van der Waals surface area (Å²) in [4.78, 5) is 0. The van der Waals surface area contributed by atoms with E-state index in [9.17, 15) is 18.1 Å². The van der Waals surface area contributed by atoms with Gasteiger partial charge in [0, 0.05) is 5.25 Å². The first-order valence-corrected chi connectivity index (χ1v) is 13.5. The fraction of sp³-hybridized carbons (Fsp3) is 1.00. The van der Waals surface area contributed by atoms with Crippen molar-refractivity contribution in [2.75, 3.05) is 0 Å². The van der Waals surface area contributed by atoms with E-state index in [0.29, 0.717) is 12.8 Å². The summed E-state index contributed by atoms with van der Waals surface area (Å²) in [6, 6.07) is 0. The molecule has 0 radical (unpaired) electrons. The molecule has 0 saturated heterocycles. The molecule has 0 saturated carbocycles. The van der Waals surface area contributed by atoms with E-state index in [1.54, 1.807) is 0 Å². The summed E-state index contributed by atoms with van der Waals surface area (Å²) < 4.78 is 34.3. The summed E-state index contributed by atoms with van der Waals surface area (Å²) in [6.07, 6.45) is 19.6. The molecule has 170 valence electrons. The third-order valence-electron chi connectivity index (χ3n) is 5.72. The Balaban J connectivity index is 0. The number of hydrogen-bond acceptors (Lipinski definition) is 4. The van der Waals surface area contributed by atoms with Gasteiger partial charge >= 0.3 is 51.4 Å². The van der Waals surface area contributed by atoms with E-state index in [2.05, 4.69) is 13.8 Å². The molecule has 0 aliphatic carbocycles. The number of rotatable bonds is 21. The van der Waals surface area contributed by atoms with Gasteiger partial charge in [0.1, 0.15) is 0 Å². The molecule has 4 nitrogen and oxygen atoms in total. The van der Waals surface area contributed by atoms with Gasteiger partial charge in [0.05, 0.1) is 16.2 Å². The standard InChI is InChI=1S/C23H48O4S.K/c1-3-5-6-12-16-20-23(28(25,26)27)21-17-14-11-9-7-8-10-13-15-19-22(24)18-4-2;/h22-24H,3-21H2,1-2H3,(H,25,26,27);/q;+1/p-1. The number of hydrogen-bond donors (Lipinski definition) is 1.